The molecule has 0 amide bonds. The fraction of sp³-hybridized carbons (Fsp3) is 0.250. The Hall–Kier alpha value is -1.07. The number of halogens is 2. The molecule has 2 aromatic carbocycles. The first-order valence-electron chi connectivity index (χ1n) is 6.54. The standard InChI is InChI=1S/C16H17BrClNO2/c1-21-15-7-6-12(18)8-13(15)16(20)14(9-19)10-2-4-11(17)5-3-10/h2-8,14,16,20H,9,19H2,1H3. The van der Waals surface area contributed by atoms with Crippen LogP contribution in [0.5, 0.6) is 5.75 Å². The van der Waals surface area contributed by atoms with Gasteiger partial charge in [-0.2, -0.15) is 0 Å². The highest BCUT2D eigenvalue weighted by molar-refractivity contribution is 9.10. The summed E-state index contributed by atoms with van der Waals surface area (Å²) in [5.41, 5.74) is 7.47. The van der Waals surface area contributed by atoms with Crippen LogP contribution in [0.25, 0.3) is 0 Å². The first kappa shape index (κ1) is 16.3. The monoisotopic (exact) mass is 369 g/mol. The van der Waals surface area contributed by atoms with Crippen LogP contribution in [0.1, 0.15) is 23.1 Å². The van der Waals surface area contributed by atoms with E-state index in [2.05, 4.69) is 15.9 Å². The van der Waals surface area contributed by atoms with Crippen molar-refractivity contribution in [3.05, 3.63) is 63.1 Å². The highest BCUT2D eigenvalue weighted by Crippen LogP contribution is 2.36. The topological polar surface area (TPSA) is 55.5 Å². The van der Waals surface area contributed by atoms with Crippen molar-refractivity contribution in [2.24, 2.45) is 5.73 Å². The molecule has 21 heavy (non-hydrogen) atoms. The Labute approximate surface area is 137 Å². The van der Waals surface area contributed by atoms with Crippen molar-refractivity contribution in [2.45, 2.75) is 12.0 Å². The summed E-state index contributed by atoms with van der Waals surface area (Å²) in [4.78, 5) is 0. The molecular formula is C16H17BrClNO2. The van der Waals surface area contributed by atoms with Gasteiger partial charge in [0.05, 0.1) is 13.2 Å². The van der Waals surface area contributed by atoms with Crippen LogP contribution in [0.4, 0.5) is 0 Å². The van der Waals surface area contributed by atoms with Gasteiger partial charge >= 0.3 is 0 Å². The molecule has 0 aliphatic carbocycles. The molecule has 0 aliphatic rings. The van der Waals surface area contributed by atoms with Crippen molar-refractivity contribution in [2.75, 3.05) is 13.7 Å². The van der Waals surface area contributed by atoms with Crippen molar-refractivity contribution in [1.29, 1.82) is 0 Å². The minimum atomic E-state index is -0.787. The lowest BCUT2D eigenvalue weighted by Crippen LogP contribution is -2.20. The Kier molecular flexibility index (Phi) is 5.65. The summed E-state index contributed by atoms with van der Waals surface area (Å²) in [7, 11) is 1.57. The van der Waals surface area contributed by atoms with Crippen LogP contribution in [0.15, 0.2) is 46.9 Å². The quantitative estimate of drug-likeness (QED) is 0.839. The van der Waals surface area contributed by atoms with E-state index in [9.17, 15) is 5.11 Å². The number of aliphatic hydroxyl groups is 1. The number of benzene rings is 2. The average Bonchev–Trinajstić information content (AvgIpc) is 2.49. The van der Waals surface area contributed by atoms with Crippen LogP contribution >= 0.6 is 27.5 Å². The molecular weight excluding hydrogens is 354 g/mol. The predicted octanol–water partition coefficient (Wildman–Crippen LogP) is 3.89. The third-order valence-corrected chi connectivity index (χ3v) is 4.21. The maximum Gasteiger partial charge on any atom is 0.124 e. The van der Waals surface area contributed by atoms with E-state index in [0.29, 0.717) is 22.9 Å². The van der Waals surface area contributed by atoms with Crippen molar-refractivity contribution in [3.63, 3.8) is 0 Å². The van der Waals surface area contributed by atoms with E-state index in [4.69, 9.17) is 22.1 Å². The Balaban J connectivity index is 2.38. The molecule has 0 aliphatic heterocycles. The second-order valence-electron chi connectivity index (χ2n) is 4.72. The second-order valence-corrected chi connectivity index (χ2v) is 6.08. The number of aliphatic hydroxyl groups excluding tert-OH is 1. The molecule has 2 aromatic rings. The van der Waals surface area contributed by atoms with Gasteiger partial charge in [0.25, 0.3) is 0 Å². The van der Waals surface area contributed by atoms with E-state index in [-0.39, 0.29) is 5.92 Å². The fourth-order valence-electron chi connectivity index (χ4n) is 2.31. The van der Waals surface area contributed by atoms with E-state index < -0.39 is 6.10 Å². The third-order valence-electron chi connectivity index (χ3n) is 3.44. The van der Waals surface area contributed by atoms with E-state index in [1.54, 1.807) is 25.3 Å². The SMILES string of the molecule is COc1ccc(Cl)cc1C(O)C(CN)c1ccc(Br)cc1. The summed E-state index contributed by atoms with van der Waals surface area (Å²) in [5, 5.41) is 11.3. The molecule has 2 unspecified atom stereocenters. The van der Waals surface area contributed by atoms with Gasteiger partial charge in [0.2, 0.25) is 0 Å². The zero-order chi connectivity index (χ0) is 15.4. The largest absolute Gasteiger partial charge is 0.496 e. The summed E-state index contributed by atoms with van der Waals surface area (Å²) in [6.07, 6.45) is -0.787. The number of methoxy groups -OCH3 is 1. The lowest BCUT2D eigenvalue weighted by Gasteiger charge is -2.24. The van der Waals surface area contributed by atoms with Crippen molar-refractivity contribution < 1.29 is 9.84 Å². The smallest absolute Gasteiger partial charge is 0.124 e. The van der Waals surface area contributed by atoms with Crippen LogP contribution in [-0.4, -0.2) is 18.8 Å². The first-order chi connectivity index (χ1) is 10.1. The molecule has 112 valence electrons. The third kappa shape index (κ3) is 3.77. The zero-order valence-electron chi connectivity index (χ0n) is 11.6. The first-order valence-corrected chi connectivity index (χ1v) is 7.71. The number of hydrogen-bond acceptors (Lipinski definition) is 3. The van der Waals surface area contributed by atoms with E-state index in [1.165, 1.54) is 0 Å². The van der Waals surface area contributed by atoms with Gasteiger partial charge in [0.1, 0.15) is 5.75 Å². The average molecular weight is 371 g/mol. The summed E-state index contributed by atoms with van der Waals surface area (Å²) < 4.78 is 6.29. The Bertz CT molecular complexity index is 604. The van der Waals surface area contributed by atoms with Gasteiger partial charge in [0, 0.05) is 27.5 Å². The number of nitrogens with two attached hydrogens (primary N) is 1. The molecule has 3 N–H and O–H groups in total. The normalized spacial score (nSPS) is 13.8. The minimum absolute atomic E-state index is 0.231. The molecule has 0 spiro atoms. The number of ether oxygens (including phenoxy) is 1. The summed E-state index contributed by atoms with van der Waals surface area (Å²) in [5.74, 6) is 0.368. The van der Waals surface area contributed by atoms with E-state index in [0.717, 1.165) is 10.0 Å². The van der Waals surface area contributed by atoms with Crippen LogP contribution < -0.4 is 10.5 Å². The van der Waals surface area contributed by atoms with Gasteiger partial charge < -0.3 is 15.6 Å². The molecule has 0 aromatic heterocycles. The second kappa shape index (κ2) is 7.27. The zero-order valence-corrected chi connectivity index (χ0v) is 13.9. The lowest BCUT2D eigenvalue weighted by molar-refractivity contribution is 0.144. The molecule has 0 bridgehead atoms. The van der Waals surface area contributed by atoms with Gasteiger partial charge in [-0.25, -0.2) is 0 Å². The Morgan fingerprint density at radius 2 is 1.90 bits per heavy atom. The maximum atomic E-state index is 10.7. The molecule has 0 radical (unpaired) electrons. The Morgan fingerprint density at radius 3 is 2.48 bits per heavy atom. The summed E-state index contributed by atoms with van der Waals surface area (Å²) >= 11 is 9.43. The fourth-order valence-corrected chi connectivity index (χ4v) is 2.76. The van der Waals surface area contributed by atoms with Crippen LogP contribution in [-0.2, 0) is 0 Å². The van der Waals surface area contributed by atoms with Crippen LogP contribution in [0.2, 0.25) is 5.02 Å². The van der Waals surface area contributed by atoms with Gasteiger partial charge in [-0.05, 0) is 35.9 Å². The summed E-state index contributed by atoms with van der Waals surface area (Å²) in [6, 6.07) is 12.9. The molecule has 0 saturated carbocycles. The lowest BCUT2D eigenvalue weighted by atomic mass is 9.89. The van der Waals surface area contributed by atoms with Gasteiger partial charge in [-0.15, -0.1) is 0 Å². The van der Waals surface area contributed by atoms with Crippen molar-refractivity contribution in [1.82, 2.24) is 0 Å². The Morgan fingerprint density at radius 1 is 1.24 bits per heavy atom. The molecule has 3 nitrogen and oxygen atoms in total. The minimum Gasteiger partial charge on any atom is -0.496 e. The van der Waals surface area contributed by atoms with E-state index in [1.807, 2.05) is 24.3 Å². The molecule has 0 saturated heterocycles. The van der Waals surface area contributed by atoms with E-state index >= 15 is 0 Å². The van der Waals surface area contributed by atoms with Crippen molar-refractivity contribution >= 4 is 27.5 Å². The molecule has 5 heteroatoms. The van der Waals surface area contributed by atoms with Crippen LogP contribution in [0, 0.1) is 0 Å². The van der Waals surface area contributed by atoms with Crippen molar-refractivity contribution in [3.8, 4) is 5.75 Å². The predicted molar refractivity (Wildman–Crippen MR) is 88.9 cm³/mol. The highest BCUT2D eigenvalue weighted by Gasteiger charge is 2.24. The highest BCUT2D eigenvalue weighted by atomic mass is 79.9. The maximum absolute atomic E-state index is 10.7. The number of rotatable bonds is 5. The van der Waals surface area contributed by atoms with Gasteiger partial charge in [0.15, 0.2) is 0 Å². The number of hydrogen-bond donors (Lipinski definition) is 2. The van der Waals surface area contributed by atoms with Gasteiger partial charge in [-0.1, -0.05) is 39.7 Å². The molecule has 2 atom stereocenters. The summed E-state index contributed by atoms with van der Waals surface area (Å²) in [6.45, 7) is 0.318. The van der Waals surface area contributed by atoms with Gasteiger partial charge in [-0.3, -0.25) is 0 Å². The molecule has 0 fully saturated rings. The molecule has 2 rings (SSSR count). The molecule has 0 heterocycles. The van der Waals surface area contributed by atoms with Crippen LogP contribution in [0.3, 0.4) is 0 Å².